The van der Waals surface area contributed by atoms with E-state index >= 15 is 0 Å². The molecule has 0 bridgehead atoms. The highest BCUT2D eigenvalue weighted by Crippen LogP contribution is 2.65. The number of hydrogen-bond acceptors (Lipinski definition) is 2. The Balaban J connectivity index is 2.27. The van der Waals surface area contributed by atoms with Crippen molar-refractivity contribution >= 4 is 11.8 Å². The highest BCUT2D eigenvalue weighted by atomic mass is 16.4. The van der Waals surface area contributed by atoms with Gasteiger partial charge in [0, 0.05) is 12.3 Å². The van der Waals surface area contributed by atoms with Gasteiger partial charge < -0.3 is 5.11 Å². The van der Waals surface area contributed by atoms with E-state index in [-0.39, 0.29) is 17.6 Å². The monoisotopic (exact) mass is 182 g/mol. The Morgan fingerprint density at radius 3 is 2.85 bits per heavy atom. The first-order chi connectivity index (χ1) is 6.14. The summed E-state index contributed by atoms with van der Waals surface area (Å²) in [5.74, 6) is -0.583. The fourth-order valence-corrected chi connectivity index (χ4v) is 3.03. The lowest BCUT2D eigenvalue weighted by molar-refractivity contribution is -0.145. The van der Waals surface area contributed by atoms with Crippen LogP contribution in [0.15, 0.2) is 0 Å². The number of ketones is 1. The summed E-state index contributed by atoms with van der Waals surface area (Å²) in [7, 11) is 0. The quantitative estimate of drug-likeness (QED) is 0.703. The third kappa shape index (κ3) is 0.901. The number of Topliss-reactive ketones (excluding diaryl/α,β-unsaturated/α-hetero) is 1. The third-order valence-electron chi connectivity index (χ3n) is 3.78. The topological polar surface area (TPSA) is 54.4 Å². The zero-order valence-corrected chi connectivity index (χ0v) is 7.75. The van der Waals surface area contributed by atoms with E-state index in [1.165, 1.54) is 0 Å². The smallest absolute Gasteiger partial charge is 0.310 e. The van der Waals surface area contributed by atoms with Crippen LogP contribution in [0.5, 0.6) is 0 Å². The molecule has 2 aliphatic carbocycles. The van der Waals surface area contributed by atoms with Crippen molar-refractivity contribution in [3.05, 3.63) is 0 Å². The molecule has 1 N–H and O–H groups in total. The molecule has 0 spiro atoms. The highest BCUT2D eigenvalue weighted by molar-refractivity contribution is 5.95. The van der Waals surface area contributed by atoms with Gasteiger partial charge >= 0.3 is 5.97 Å². The minimum absolute atomic E-state index is 0.149. The number of carboxylic acid groups (broad SMARTS) is 1. The van der Waals surface area contributed by atoms with Crippen molar-refractivity contribution in [2.24, 2.45) is 17.3 Å². The molecule has 0 amide bonds. The van der Waals surface area contributed by atoms with Crippen molar-refractivity contribution in [1.29, 1.82) is 0 Å². The lowest BCUT2D eigenvalue weighted by atomic mass is 9.98. The molecular formula is C10H14O3. The molecule has 2 saturated carbocycles. The molecule has 0 aromatic rings. The number of carboxylic acids is 1. The van der Waals surface area contributed by atoms with Gasteiger partial charge in [-0.3, -0.25) is 9.59 Å². The molecule has 3 unspecified atom stereocenters. The van der Waals surface area contributed by atoms with Gasteiger partial charge in [0.25, 0.3) is 0 Å². The Hall–Kier alpha value is -0.860. The molecule has 2 aliphatic rings. The Kier molecular flexibility index (Phi) is 1.72. The van der Waals surface area contributed by atoms with Crippen LogP contribution < -0.4 is 0 Å². The summed E-state index contributed by atoms with van der Waals surface area (Å²) in [6.07, 6.45) is 3.01. The van der Waals surface area contributed by atoms with Crippen molar-refractivity contribution < 1.29 is 14.7 Å². The second-order valence-corrected chi connectivity index (χ2v) is 4.14. The van der Waals surface area contributed by atoms with Crippen LogP contribution in [0.4, 0.5) is 0 Å². The lowest BCUT2D eigenvalue weighted by Gasteiger charge is -2.06. The van der Waals surface area contributed by atoms with Crippen LogP contribution >= 0.6 is 0 Å². The molecule has 2 fully saturated rings. The van der Waals surface area contributed by atoms with Crippen LogP contribution in [-0.2, 0) is 9.59 Å². The summed E-state index contributed by atoms with van der Waals surface area (Å²) >= 11 is 0. The number of carbonyl (C=O) groups is 2. The first-order valence-corrected chi connectivity index (χ1v) is 4.90. The van der Waals surface area contributed by atoms with Gasteiger partial charge in [0.2, 0.25) is 0 Å². The van der Waals surface area contributed by atoms with Crippen LogP contribution in [0.2, 0.25) is 0 Å². The van der Waals surface area contributed by atoms with E-state index in [0.717, 1.165) is 12.8 Å². The molecule has 3 nitrogen and oxygen atoms in total. The summed E-state index contributed by atoms with van der Waals surface area (Å²) in [6.45, 7) is 1.87. The van der Waals surface area contributed by atoms with Gasteiger partial charge in [-0.1, -0.05) is 6.92 Å². The van der Waals surface area contributed by atoms with Gasteiger partial charge in [-0.25, -0.2) is 0 Å². The summed E-state index contributed by atoms with van der Waals surface area (Å²) in [6, 6.07) is 0. The molecule has 0 radical (unpaired) electrons. The van der Waals surface area contributed by atoms with Crippen LogP contribution in [0, 0.1) is 17.3 Å². The van der Waals surface area contributed by atoms with E-state index in [1.54, 1.807) is 0 Å². The van der Waals surface area contributed by atoms with Gasteiger partial charge in [0.05, 0.1) is 5.41 Å². The molecule has 72 valence electrons. The SMILES string of the molecule is CCC1(C(=O)O)C2CCCC(=O)C21. The molecule has 0 saturated heterocycles. The minimum Gasteiger partial charge on any atom is -0.481 e. The summed E-state index contributed by atoms with van der Waals surface area (Å²) in [5.41, 5.74) is -0.673. The highest BCUT2D eigenvalue weighted by Gasteiger charge is 2.71. The number of aliphatic carboxylic acids is 1. The Bertz CT molecular complexity index is 269. The normalized spacial score (nSPS) is 42.7. The van der Waals surface area contributed by atoms with Gasteiger partial charge in [0.15, 0.2) is 0 Å². The Morgan fingerprint density at radius 1 is 1.69 bits per heavy atom. The maximum Gasteiger partial charge on any atom is 0.310 e. The first-order valence-electron chi connectivity index (χ1n) is 4.90. The zero-order valence-electron chi connectivity index (χ0n) is 7.75. The molecule has 3 heteroatoms. The summed E-state index contributed by atoms with van der Waals surface area (Å²) < 4.78 is 0. The molecule has 0 aliphatic heterocycles. The third-order valence-corrected chi connectivity index (χ3v) is 3.78. The first kappa shape index (κ1) is 8.73. The van der Waals surface area contributed by atoms with Crippen molar-refractivity contribution in [3.8, 4) is 0 Å². The molecule has 2 rings (SSSR count). The minimum atomic E-state index is -0.764. The van der Waals surface area contributed by atoms with E-state index in [2.05, 4.69) is 0 Å². The van der Waals surface area contributed by atoms with Crippen LogP contribution in [-0.4, -0.2) is 16.9 Å². The van der Waals surface area contributed by atoms with Crippen molar-refractivity contribution in [1.82, 2.24) is 0 Å². The van der Waals surface area contributed by atoms with Crippen molar-refractivity contribution in [3.63, 3.8) is 0 Å². The second-order valence-electron chi connectivity index (χ2n) is 4.14. The van der Waals surface area contributed by atoms with Gasteiger partial charge in [-0.2, -0.15) is 0 Å². The van der Waals surface area contributed by atoms with Crippen molar-refractivity contribution in [2.45, 2.75) is 32.6 Å². The average Bonchev–Trinajstić information content (AvgIpc) is 2.75. The van der Waals surface area contributed by atoms with E-state index in [4.69, 9.17) is 5.11 Å². The molecule has 0 aromatic carbocycles. The number of fused-ring (bicyclic) bond motifs is 1. The van der Waals surface area contributed by atoms with E-state index in [0.29, 0.717) is 12.8 Å². The predicted octanol–water partition coefficient (Wildman–Crippen LogP) is 1.47. The number of rotatable bonds is 2. The lowest BCUT2D eigenvalue weighted by Crippen LogP contribution is -2.19. The van der Waals surface area contributed by atoms with E-state index < -0.39 is 11.4 Å². The maximum atomic E-state index is 11.5. The largest absolute Gasteiger partial charge is 0.481 e. The van der Waals surface area contributed by atoms with E-state index in [1.807, 2.05) is 6.92 Å². The van der Waals surface area contributed by atoms with Crippen LogP contribution in [0.3, 0.4) is 0 Å². The average molecular weight is 182 g/mol. The Labute approximate surface area is 77.1 Å². The summed E-state index contributed by atoms with van der Waals surface area (Å²) in [5, 5.41) is 9.10. The van der Waals surface area contributed by atoms with Crippen LogP contribution in [0.25, 0.3) is 0 Å². The van der Waals surface area contributed by atoms with Gasteiger partial charge in [-0.05, 0) is 25.2 Å². The van der Waals surface area contributed by atoms with Crippen LogP contribution in [0.1, 0.15) is 32.6 Å². The zero-order chi connectivity index (χ0) is 9.64. The fourth-order valence-electron chi connectivity index (χ4n) is 3.03. The Morgan fingerprint density at radius 2 is 2.38 bits per heavy atom. The second kappa shape index (κ2) is 2.56. The standard InChI is InChI=1S/C10H14O3/c1-2-10(9(12)13)6-4-3-5-7(11)8(6)10/h6,8H,2-5H2,1H3,(H,12,13). The van der Waals surface area contributed by atoms with Gasteiger partial charge in [0.1, 0.15) is 5.78 Å². The fraction of sp³-hybridized carbons (Fsp3) is 0.800. The van der Waals surface area contributed by atoms with Gasteiger partial charge in [-0.15, -0.1) is 0 Å². The molecular weight excluding hydrogens is 168 g/mol. The van der Waals surface area contributed by atoms with Crippen molar-refractivity contribution in [2.75, 3.05) is 0 Å². The molecule has 0 aromatic heterocycles. The molecule has 13 heavy (non-hydrogen) atoms. The molecule has 0 heterocycles. The predicted molar refractivity (Wildman–Crippen MR) is 46.2 cm³/mol. The van der Waals surface area contributed by atoms with E-state index in [9.17, 15) is 9.59 Å². The number of hydrogen-bond donors (Lipinski definition) is 1. The number of carbonyl (C=O) groups excluding carboxylic acids is 1. The summed E-state index contributed by atoms with van der Waals surface area (Å²) in [4.78, 5) is 22.5. The molecule has 3 atom stereocenters. The maximum absolute atomic E-state index is 11.5.